The third kappa shape index (κ3) is 4.05. The van der Waals surface area contributed by atoms with Crippen LogP contribution in [0.25, 0.3) is 0 Å². The van der Waals surface area contributed by atoms with E-state index in [-0.39, 0.29) is 22.8 Å². The summed E-state index contributed by atoms with van der Waals surface area (Å²) in [7, 11) is 1.30. The van der Waals surface area contributed by atoms with E-state index in [9.17, 15) is 19.7 Å². The van der Waals surface area contributed by atoms with E-state index in [1.54, 1.807) is 13.0 Å². The van der Waals surface area contributed by atoms with Gasteiger partial charge in [-0.1, -0.05) is 17.7 Å². The lowest BCUT2D eigenvalue weighted by atomic mass is 9.99. The number of Topliss-reactive ketones (excluding diaryl/α,β-unsaturated/α-hetero) is 1. The predicted octanol–water partition coefficient (Wildman–Crippen LogP) is 3.65. The number of ether oxygens (including phenoxy) is 2. The molecule has 0 N–H and O–H groups in total. The van der Waals surface area contributed by atoms with Crippen molar-refractivity contribution >= 4 is 17.4 Å². The van der Waals surface area contributed by atoms with Gasteiger partial charge in [-0.05, 0) is 44.5 Å². The predicted molar refractivity (Wildman–Crippen MR) is 94.8 cm³/mol. The minimum atomic E-state index is -1.02. The van der Waals surface area contributed by atoms with E-state index >= 15 is 0 Å². The van der Waals surface area contributed by atoms with Gasteiger partial charge in [0.25, 0.3) is 0 Å². The van der Waals surface area contributed by atoms with E-state index in [1.165, 1.54) is 26.2 Å². The summed E-state index contributed by atoms with van der Waals surface area (Å²) in [6.07, 6.45) is -1.02. The largest absolute Gasteiger partial charge is 0.490 e. The molecule has 0 spiro atoms. The molecule has 0 saturated carbocycles. The highest BCUT2D eigenvalue weighted by atomic mass is 16.6. The summed E-state index contributed by atoms with van der Waals surface area (Å²) >= 11 is 0. The van der Waals surface area contributed by atoms with Gasteiger partial charge in [-0.2, -0.15) is 0 Å². The summed E-state index contributed by atoms with van der Waals surface area (Å²) in [4.78, 5) is 35.2. The molecule has 7 nitrogen and oxygen atoms in total. The van der Waals surface area contributed by atoms with Gasteiger partial charge in [-0.3, -0.25) is 14.9 Å². The lowest BCUT2D eigenvalue weighted by molar-refractivity contribution is -0.385. The van der Waals surface area contributed by atoms with Gasteiger partial charge in [0.2, 0.25) is 5.78 Å². The molecule has 0 saturated heterocycles. The molecule has 0 bridgehead atoms. The average Bonchev–Trinajstić information content (AvgIpc) is 2.62. The number of nitrogens with zero attached hydrogens (tertiary/aromatic N) is 1. The smallest absolute Gasteiger partial charge is 0.339 e. The van der Waals surface area contributed by atoms with Crippen molar-refractivity contribution in [2.75, 3.05) is 7.11 Å². The van der Waals surface area contributed by atoms with Gasteiger partial charge in [0, 0.05) is 11.6 Å². The van der Waals surface area contributed by atoms with Crippen LogP contribution in [0, 0.1) is 24.0 Å². The van der Waals surface area contributed by atoms with Crippen molar-refractivity contribution in [3.63, 3.8) is 0 Å². The number of aryl methyl sites for hydroxylation is 2. The maximum atomic E-state index is 12.6. The molecule has 0 aliphatic carbocycles. The molecule has 2 aromatic rings. The maximum absolute atomic E-state index is 12.6. The number of ketones is 1. The highest BCUT2D eigenvalue weighted by Gasteiger charge is 2.24. The number of carbonyl (C=O) groups is 2. The third-order valence-electron chi connectivity index (χ3n) is 3.92. The molecule has 2 rings (SSSR count). The van der Waals surface area contributed by atoms with Crippen LogP contribution >= 0.6 is 0 Å². The first kappa shape index (κ1) is 19.1. The molecule has 0 heterocycles. The zero-order valence-corrected chi connectivity index (χ0v) is 14.9. The molecule has 0 aromatic heterocycles. The Hall–Kier alpha value is -3.22. The Kier molecular flexibility index (Phi) is 5.71. The normalized spacial score (nSPS) is 11.5. The van der Waals surface area contributed by atoms with Gasteiger partial charge >= 0.3 is 11.7 Å². The van der Waals surface area contributed by atoms with Crippen LogP contribution in [-0.2, 0) is 4.74 Å². The molecule has 26 heavy (non-hydrogen) atoms. The third-order valence-corrected chi connectivity index (χ3v) is 3.92. The summed E-state index contributed by atoms with van der Waals surface area (Å²) in [6.45, 7) is 5.14. The Morgan fingerprint density at radius 2 is 1.81 bits per heavy atom. The van der Waals surface area contributed by atoms with Crippen molar-refractivity contribution in [3.05, 3.63) is 68.8 Å². The lowest BCUT2D eigenvalue weighted by Gasteiger charge is -2.14. The first-order valence-corrected chi connectivity index (χ1v) is 7.89. The summed E-state index contributed by atoms with van der Waals surface area (Å²) in [5.41, 5.74) is 1.80. The number of benzene rings is 2. The fourth-order valence-corrected chi connectivity index (χ4v) is 2.46. The van der Waals surface area contributed by atoms with Crippen LogP contribution in [-0.4, -0.2) is 29.9 Å². The van der Waals surface area contributed by atoms with E-state index in [4.69, 9.17) is 9.47 Å². The summed E-state index contributed by atoms with van der Waals surface area (Å²) in [6, 6.07) is 9.18. The molecule has 7 heteroatoms. The van der Waals surface area contributed by atoms with E-state index < -0.39 is 17.0 Å². The Labute approximate surface area is 150 Å². The number of carbonyl (C=O) groups excluding carboxylic acids is 2. The van der Waals surface area contributed by atoms with Crippen LogP contribution in [0.4, 0.5) is 5.69 Å². The average molecular weight is 357 g/mol. The molecule has 0 unspecified atom stereocenters. The van der Waals surface area contributed by atoms with Crippen molar-refractivity contribution in [2.45, 2.75) is 26.9 Å². The Bertz CT molecular complexity index is 874. The number of methoxy groups -OCH3 is 1. The van der Waals surface area contributed by atoms with E-state index in [0.717, 1.165) is 17.2 Å². The highest BCUT2D eigenvalue weighted by molar-refractivity contribution is 6.02. The van der Waals surface area contributed by atoms with Crippen LogP contribution in [0.5, 0.6) is 5.75 Å². The molecule has 2 aromatic carbocycles. The topological polar surface area (TPSA) is 95.7 Å². The van der Waals surface area contributed by atoms with E-state index in [2.05, 4.69) is 0 Å². The lowest BCUT2D eigenvalue weighted by Crippen LogP contribution is -2.25. The second kappa shape index (κ2) is 7.77. The molecule has 0 aliphatic heterocycles. The minimum absolute atomic E-state index is 0.0295. The maximum Gasteiger partial charge on any atom is 0.339 e. The quantitative estimate of drug-likeness (QED) is 0.339. The fourth-order valence-electron chi connectivity index (χ4n) is 2.46. The van der Waals surface area contributed by atoms with Gasteiger partial charge in [0.05, 0.1) is 17.6 Å². The molecular weight excluding hydrogens is 338 g/mol. The zero-order chi connectivity index (χ0) is 19.4. The van der Waals surface area contributed by atoms with Crippen molar-refractivity contribution < 1.29 is 24.0 Å². The van der Waals surface area contributed by atoms with Gasteiger partial charge in [-0.15, -0.1) is 0 Å². The molecular formula is C19H19NO6. The van der Waals surface area contributed by atoms with Crippen LogP contribution in [0.3, 0.4) is 0 Å². The molecule has 0 fully saturated rings. The SMILES string of the molecule is COc1ccc(C(=O)O[C@@H](C)C(=O)c2cc(C)ccc2C)cc1[N+](=O)[O-]. The molecule has 0 amide bonds. The van der Waals surface area contributed by atoms with Crippen molar-refractivity contribution in [1.29, 1.82) is 0 Å². The standard InChI is InChI=1S/C19H19NO6/c1-11-5-6-12(2)15(9-11)18(21)13(3)26-19(22)14-7-8-17(25-4)16(10-14)20(23)24/h5-10,13H,1-4H3/t13-/m0/s1. The molecule has 0 aliphatic rings. The fraction of sp³-hybridized carbons (Fsp3) is 0.263. The van der Waals surface area contributed by atoms with Crippen molar-refractivity contribution in [3.8, 4) is 5.75 Å². The number of nitro groups is 1. The van der Waals surface area contributed by atoms with Crippen LogP contribution in [0.15, 0.2) is 36.4 Å². The van der Waals surface area contributed by atoms with Crippen molar-refractivity contribution in [2.24, 2.45) is 0 Å². The van der Waals surface area contributed by atoms with E-state index in [0.29, 0.717) is 5.56 Å². The number of hydrogen-bond donors (Lipinski definition) is 0. The Balaban J connectivity index is 2.21. The number of hydrogen-bond acceptors (Lipinski definition) is 6. The number of nitro benzene ring substituents is 1. The molecule has 136 valence electrons. The van der Waals surface area contributed by atoms with Crippen LogP contribution in [0.1, 0.15) is 38.8 Å². The Morgan fingerprint density at radius 1 is 1.12 bits per heavy atom. The second-order valence-electron chi connectivity index (χ2n) is 5.87. The Morgan fingerprint density at radius 3 is 2.42 bits per heavy atom. The van der Waals surface area contributed by atoms with Gasteiger partial charge < -0.3 is 9.47 Å². The zero-order valence-electron chi connectivity index (χ0n) is 14.9. The molecule has 0 radical (unpaired) electrons. The second-order valence-corrected chi connectivity index (χ2v) is 5.87. The monoisotopic (exact) mass is 357 g/mol. The molecule has 1 atom stereocenters. The summed E-state index contributed by atoms with van der Waals surface area (Å²) in [5.74, 6) is -1.12. The highest BCUT2D eigenvalue weighted by Crippen LogP contribution is 2.28. The number of rotatable bonds is 6. The van der Waals surface area contributed by atoms with Crippen LogP contribution in [0.2, 0.25) is 0 Å². The first-order chi connectivity index (χ1) is 12.2. The van der Waals surface area contributed by atoms with Gasteiger partial charge in [-0.25, -0.2) is 4.79 Å². The van der Waals surface area contributed by atoms with Crippen LogP contribution < -0.4 is 4.74 Å². The van der Waals surface area contributed by atoms with Gasteiger partial charge in [0.15, 0.2) is 11.9 Å². The minimum Gasteiger partial charge on any atom is -0.490 e. The summed E-state index contributed by atoms with van der Waals surface area (Å²) < 4.78 is 10.1. The van der Waals surface area contributed by atoms with E-state index in [1.807, 2.05) is 19.1 Å². The first-order valence-electron chi connectivity index (χ1n) is 7.89. The van der Waals surface area contributed by atoms with Gasteiger partial charge in [0.1, 0.15) is 0 Å². The van der Waals surface area contributed by atoms with Crippen molar-refractivity contribution in [1.82, 2.24) is 0 Å². The number of esters is 1. The summed E-state index contributed by atoms with van der Waals surface area (Å²) in [5, 5.41) is 11.1.